The first kappa shape index (κ1) is 16.3. The molecule has 0 aromatic heterocycles. The van der Waals surface area contributed by atoms with Gasteiger partial charge in [0.15, 0.2) is 0 Å². The van der Waals surface area contributed by atoms with Gasteiger partial charge < -0.3 is 5.32 Å². The van der Waals surface area contributed by atoms with Crippen LogP contribution in [-0.4, -0.2) is 36.1 Å². The molecule has 0 aromatic carbocycles. The Morgan fingerprint density at radius 3 is 2.40 bits per heavy atom. The van der Waals surface area contributed by atoms with Crippen LogP contribution in [0, 0.1) is 5.92 Å². The molecule has 118 valence electrons. The quantitative estimate of drug-likeness (QED) is 0.784. The predicted octanol–water partition coefficient (Wildman–Crippen LogP) is 4.20. The van der Waals surface area contributed by atoms with Gasteiger partial charge in [0.05, 0.1) is 0 Å². The summed E-state index contributed by atoms with van der Waals surface area (Å²) in [4.78, 5) is 2.92. The van der Waals surface area contributed by atoms with E-state index < -0.39 is 0 Å². The zero-order valence-corrected chi connectivity index (χ0v) is 14.1. The summed E-state index contributed by atoms with van der Waals surface area (Å²) < 4.78 is 0. The first-order valence-corrected chi connectivity index (χ1v) is 9.22. The summed E-state index contributed by atoms with van der Waals surface area (Å²) in [5.41, 5.74) is 0.505. The highest BCUT2D eigenvalue weighted by Crippen LogP contribution is 2.36. The first-order chi connectivity index (χ1) is 9.74. The van der Waals surface area contributed by atoms with Crippen molar-refractivity contribution >= 4 is 0 Å². The minimum Gasteiger partial charge on any atom is -0.311 e. The van der Waals surface area contributed by atoms with Gasteiger partial charge in [-0.1, -0.05) is 59.3 Å². The highest BCUT2D eigenvalue weighted by Gasteiger charge is 2.42. The fourth-order valence-corrected chi connectivity index (χ4v) is 4.34. The Morgan fingerprint density at radius 2 is 1.80 bits per heavy atom. The first-order valence-electron chi connectivity index (χ1n) is 9.22. The van der Waals surface area contributed by atoms with Gasteiger partial charge in [-0.2, -0.15) is 0 Å². The Hall–Kier alpha value is -0.0800. The normalized spacial score (nSPS) is 27.3. The van der Waals surface area contributed by atoms with E-state index >= 15 is 0 Å². The van der Waals surface area contributed by atoms with Crippen LogP contribution in [0.25, 0.3) is 0 Å². The van der Waals surface area contributed by atoms with Crippen molar-refractivity contribution in [2.45, 2.75) is 90.1 Å². The number of piperazine rings is 1. The largest absolute Gasteiger partial charge is 0.311 e. The summed E-state index contributed by atoms with van der Waals surface area (Å²) in [6, 6.07) is 0.738. The van der Waals surface area contributed by atoms with Crippen molar-refractivity contribution in [3.05, 3.63) is 0 Å². The molecule has 2 aliphatic rings. The van der Waals surface area contributed by atoms with E-state index in [9.17, 15) is 0 Å². The molecule has 1 aliphatic heterocycles. The van der Waals surface area contributed by atoms with Gasteiger partial charge in [-0.3, -0.25) is 4.90 Å². The average Bonchev–Trinajstić information content (AvgIpc) is 2.49. The molecule has 1 aliphatic carbocycles. The molecule has 1 saturated carbocycles. The van der Waals surface area contributed by atoms with Crippen LogP contribution in [0.3, 0.4) is 0 Å². The summed E-state index contributed by atoms with van der Waals surface area (Å²) in [7, 11) is 0. The lowest BCUT2D eigenvalue weighted by Gasteiger charge is -2.53. The van der Waals surface area contributed by atoms with E-state index in [1.165, 1.54) is 77.4 Å². The second-order valence-corrected chi connectivity index (χ2v) is 7.24. The van der Waals surface area contributed by atoms with Crippen molar-refractivity contribution in [2.75, 3.05) is 19.6 Å². The Bertz CT molecular complexity index is 267. The van der Waals surface area contributed by atoms with E-state index in [0.29, 0.717) is 5.54 Å². The SMILES string of the molecule is CCCC1CN(CC(CC)CC)C2(CCCCC2)CN1. The number of hydrogen-bond donors (Lipinski definition) is 1. The van der Waals surface area contributed by atoms with Crippen molar-refractivity contribution in [3.63, 3.8) is 0 Å². The lowest BCUT2D eigenvalue weighted by Crippen LogP contribution is -2.65. The summed E-state index contributed by atoms with van der Waals surface area (Å²) in [6.45, 7) is 10.9. The zero-order chi connectivity index (χ0) is 14.4. The van der Waals surface area contributed by atoms with Crippen molar-refractivity contribution in [1.29, 1.82) is 0 Å². The van der Waals surface area contributed by atoms with Gasteiger partial charge in [0, 0.05) is 31.2 Å². The summed E-state index contributed by atoms with van der Waals surface area (Å²) in [5.74, 6) is 0.897. The van der Waals surface area contributed by atoms with Crippen LogP contribution in [0.2, 0.25) is 0 Å². The number of hydrogen-bond acceptors (Lipinski definition) is 2. The van der Waals surface area contributed by atoms with Crippen molar-refractivity contribution in [1.82, 2.24) is 10.2 Å². The van der Waals surface area contributed by atoms with Gasteiger partial charge >= 0.3 is 0 Å². The monoisotopic (exact) mass is 280 g/mol. The van der Waals surface area contributed by atoms with Crippen LogP contribution in [0.4, 0.5) is 0 Å². The zero-order valence-electron chi connectivity index (χ0n) is 14.1. The molecule has 2 rings (SSSR count). The summed E-state index contributed by atoms with van der Waals surface area (Å²) >= 11 is 0. The molecular weight excluding hydrogens is 244 g/mol. The molecule has 0 amide bonds. The standard InChI is InChI=1S/C18H36N2/c1-4-10-17-14-20(13-16(5-2)6-3)18(15-19-17)11-8-7-9-12-18/h16-17,19H,4-15H2,1-3H3. The highest BCUT2D eigenvalue weighted by molar-refractivity contribution is 5.00. The molecule has 2 heteroatoms. The molecule has 1 atom stereocenters. The van der Waals surface area contributed by atoms with Gasteiger partial charge in [0.1, 0.15) is 0 Å². The van der Waals surface area contributed by atoms with Crippen LogP contribution in [0.1, 0.15) is 78.6 Å². The Balaban J connectivity index is 2.04. The van der Waals surface area contributed by atoms with Crippen molar-refractivity contribution < 1.29 is 0 Å². The average molecular weight is 280 g/mol. The van der Waals surface area contributed by atoms with Gasteiger partial charge in [-0.25, -0.2) is 0 Å². The fraction of sp³-hybridized carbons (Fsp3) is 1.00. The van der Waals surface area contributed by atoms with Gasteiger partial charge in [0.2, 0.25) is 0 Å². The molecule has 0 radical (unpaired) electrons. The second-order valence-electron chi connectivity index (χ2n) is 7.24. The molecule has 0 bridgehead atoms. The van der Waals surface area contributed by atoms with Crippen LogP contribution in [0.5, 0.6) is 0 Å². The van der Waals surface area contributed by atoms with E-state index in [1.807, 2.05) is 0 Å². The van der Waals surface area contributed by atoms with E-state index in [0.717, 1.165) is 12.0 Å². The second kappa shape index (κ2) is 7.79. The maximum Gasteiger partial charge on any atom is 0.0334 e. The van der Waals surface area contributed by atoms with Gasteiger partial charge in [-0.05, 0) is 25.2 Å². The van der Waals surface area contributed by atoms with Crippen LogP contribution in [-0.2, 0) is 0 Å². The molecule has 1 spiro atoms. The summed E-state index contributed by atoms with van der Waals surface area (Å²) in [6.07, 6.45) is 12.5. The van der Waals surface area contributed by atoms with E-state index in [2.05, 4.69) is 31.0 Å². The van der Waals surface area contributed by atoms with Crippen LogP contribution < -0.4 is 5.32 Å². The molecule has 1 N–H and O–H groups in total. The van der Waals surface area contributed by atoms with E-state index in [4.69, 9.17) is 0 Å². The van der Waals surface area contributed by atoms with Crippen molar-refractivity contribution in [2.24, 2.45) is 5.92 Å². The van der Waals surface area contributed by atoms with Gasteiger partial charge in [-0.15, -0.1) is 0 Å². The molecule has 20 heavy (non-hydrogen) atoms. The Morgan fingerprint density at radius 1 is 1.10 bits per heavy atom. The fourth-order valence-electron chi connectivity index (χ4n) is 4.34. The summed E-state index contributed by atoms with van der Waals surface area (Å²) in [5, 5.41) is 3.88. The topological polar surface area (TPSA) is 15.3 Å². The smallest absolute Gasteiger partial charge is 0.0334 e. The van der Waals surface area contributed by atoms with E-state index in [-0.39, 0.29) is 0 Å². The molecule has 1 heterocycles. The number of nitrogens with zero attached hydrogens (tertiary/aromatic N) is 1. The minimum absolute atomic E-state index is 0.505. The maximum atomic E-state index is 3.88. The Kier molecular flexibility index (Phi) is 6.35. The predicted molar refractivity (Wildman–Crippen MR) is 88.2 cm³/mol. The molecule has 2 nitrogen and oxygen atoms in total. The highest BCUT2D eigenvalue weighted by atomic mass is 15.3. The van der Waals surface area contributed by atoms with Crippen LogP contribution >= 0.6 is 0 Å². The molecule has 1 unspecified atom stereocenters. The lowest BCUT2D eigenvalue weighted by molar-refractivity contribution is -0.00346. The molecule has 1 saturated heterocycles. The van der Waals surface area contributed by atoms with Crippen LogP contribution in [0.15, 0.2) is 0 Å². The number of rotatable bonds is 6. The molecular formula is C18H36N2. The minimum atomic E-state index is 0.505. The Labute approximate surface area is 126 Å². The molecule has 0 aromatic rings. The molecule has 2 fully saturated rings. The third-order valence-corrected chi connectivity index (χ3v) is 5.89. The third-order valence-electron chi connectivity index (χ3n) is 5.89. The lowest BCUT2D eigenvalue weighted by atomic mass is 9.77. The van der Waals surface area contributed by atoms with E-state index in [1.54, 1.807) is 0 Å². The number of nitrogens with one attached hydrogen (secondary N) is 1. The third kappa shape index (κ3) is 3.76. The van der Waals surface area contributed by atoms with Gasteiger partial charge in [0.25, 0.3) is 0 Å². The maximum absolute atomic E-state index is 3.88. The van der Waals surface area contributed by atoms with Crippen molar-refractivity contribution in [3.8, 4) is 0 Å².